The van der Waals surface area contributed by atoms with Gasteiger partial charge in [0.2, 0.25) is 5.91 Å². The number of carbonyl (C=O) groups is 1. The number of nitrogens with two attached hydrogens (primary N) is 1. The molecular formula is C14H22N2OS. The van der Waals surface area contributed by atoms with E-state index < -0.39 is 0 Å². The Morgan fingerprint density at radius 2 is 2.00 bits per heavy atom. The second-order valence-corrected chi connectivity index (χ2v) is 6.07. The normalized spacial score (nSPS) is 13.9. The Morgan fingerprint density at radius 1 is 1.33 bits per heavy atom. The van der Waals surface area contributed by atoms with Crippen molar-refractivity contribution in [3.05, 3.63) is 30.3 Å². The smallest absolute Gasteiger partial charge is 0.220 e. The number of benzene rings is 1. The lowest BCUT2D eigenvalue weighted by Crippen LogP contribution is -2.30. The predicted octanol–water partition coefficient (Wildman–Crippen LogP) is 2.41. The first-order valence-corrected chi connectivity index (χ1v) is 7.20. The van der Waals surface area contributed by atoms with Crippen molar-refractivity contribution in [2.75, 3.05) is 6.54 Å². The number of hydrogen-bond acceptors (Lipinski definition) is 3. The molecule has 1 amide bonds. The maximum absolute atomic E-state index is 11.5. The van der Waals surface area contributed by atoms with Crippen molar-refractivity contribution in [3.63, 3.8) is 0 Å². The zero-order valence-electron chi connectivity index (χ0n) is 11.1. The number of rotatable bonds is 7. The van der Waals surface area contributed by atoms with Crippen LogP contribution < -0.4 is 11.1 Å². The molecule has 0 spiro atoms. The summed E-state index contributed by atoms with van der Waals surface area (Å²) in [4.78, 5) is 12.8. The molecule has 0 aliphatic heterocycles. The Kier molecular flexibility index (Phi) is 6.83. The topological polar surface area (TPSA) is 55.1 Å². The van der Waals surface area contributed by atoms with Gasteiger partial charge >= 0.3 is 0 Å². The average molecular weight is 266 g/mol. The van der Waals surface area contributed by atoms with Gasteiger partial charge in [-0.1, -0.05) is 25.1 Å². The first-order chi connectivity index (χ1) is 8.58. The number of thioether (sulfide) groups is 1. The number of hydrogen-bond donors (Lipinski definition) is 2. The van der Waals surface area contributed by atoms with Crippen molar-refractivity contribution in [2.45, 2.75) is 42.9 Å². The molecular weight excluding hydrogens is 244 g/mol. The van der Waals surface area contributed by atoms with Crippen LogP contribution in [0.5, 0.6) is 0 Å². The molecule has 0 saturated heterocycles. The number of carbonyl (C=O) groups excluding carboxylic acids is 1. The van der Waals surface area contributed by atoms with Crippen molar-refractivity contribution < 1.29 is 4.79 Å². The van der Waals surface area contributed by atoms with Crippen LogP contribution >= 0.6 is 11.8 Å². The van der Waals surface area contributed by atoms with Crippen molar-refractivity contribution in [1.82, 2.24) is 5.32 Å². The van der Waals surface area contributed by atoms with Crippen molar-refractivity contribution in [3.8, 4) is 0 Å². The molecule has 0 aliphatic rings. The van der Waals surface area contributed by atoms with Gasteiger partial charge in [0.05, 0.1) is 0 Å². The van der Waals surface area contributed by atoms with Gasteiger partial charge < -0.3 is 11.1 Å². The number of nitrogens with one attached hydrogen (secondary N) is 1. The molecule has 3 N–H and O–H groups in total. The molecule has 100 valence electrons. The molecule has 1 rings (SSSR count). The first kappa shape index (κ1) is 15.1. The third-order valence-corrected chi connectivity index (χ3v) is 3.61. The second-order valence-electron chi connectivity index (χ2n) is 4.56. The summed E-state index contributed by atoms with van der Waals surface area (Å²) in [5.41, 5.74) is 5.61. The van der Waals surface area contributed by atoms with Crippen molar-refractivity contribution >= 4 is 17.7 Å². The summed E-state index contributed by atoms with van der Waals surface area (Å²) in [6.07, 6.45) is 1.26. The Bertz CT molecular complexity index is 354. The van der Waals surface area contributed by atoms with E-state index in [4.69, 9.17) is 5.73 Å². The quantitative estimate of drug-likeness (QED) is 0.745. The zero-order valence-corrected chi connectivity index (χ0v) is 11.9. The van der Waals surface area contributed by atoms with Crippen LogP contribution in [0.3, 0.4) is 0 Å². The summed E-state index contributed by atoms with van der Waals surface area (Å²) < 4.78 is 0. The van der Waals surface area contributed by atoms with Crippen LogP contribution in [0.2, 0.25) is 0 Å². The van der Waals surface area contributed by atoms with Gasteiger partial charge in [0.25, 0.3) is 0 Å². The maximum Gasteiger partial charge on any atom is 0.220 e. The average Bonchev–Trinajstić information content (AvgIpc) is 2.35. The summed E-state index contributed by atoms with van der Waals surface area (Å²) in [7, 11) is 0. The summed E-state index contributed by atoms with van der Waals surface area (Å²) >= 11 is 1.77. The largest absolute Gasteiger partial charge is 0.355 e. The molecule has 2 atom stereocenters. The van der Waals surface area contributed by atoms with Gasteiger partial charge in [0.15, 0.2) is 0 Å². The standard InChI is InChI=1S/C14H22N2OS/c1-11(15)8-9-14(17)16-10-12(2)18-13-6-4-3-5-7-13/h3-7,11-12H,8-10,15H2,1-2H3,(H,16,17). The zero-order chi connectivity index (χ0) is 13.4. The van der Waals surface area contributed by atoms with Gasteiger partial charge in [0.1, 0.15) is 0 Å². The highest BCUT2D eigenvalue weighted by molar-refractivity contribution is 8.00. The van der Waals surface area contributed by atoms with E-state index in [0.29, 0.717) is 18.2 Å². The minimum atomic E-state index is 0.0897. The van der Waals surface area contributed by atoms with Crippen LogP contribution in [0.4, 0.5) is 0 Å². The number of amides is 1. The molecule has 18 heavy (non-hydrogen) atoms. The van der Waals surface area contributed by atoms with E-state index in [1.165, 1.54) is 4.90 Å². The molecule has 0 fully saturated rings. The van der Waals surface area contributed by atoms with Crippen LogP contribution in [-0.2, 0) is 4.79 Å². The van der Waals surface area contributed by atoms with Gasteiger partial charge in [-0.05, 0) is 25.5 Å². The molecule has 1 aromatic rings. The van der Waals surface area contributed by atoms with Crippen LogP contribution in [0.1, 0.15) is 26.7 Å². The van der Waals surface area contributed by atoms with Crippen molar-refractivity contribution in [2.24, 2.45) is 5.73 Å². The fraction of sp³-hybridized carbons (Fsp3) is 0.500. The van der Waals surface area contributed by atoms with Gasteiger partial charge in [-0.3, -0.25) is 4.79 Å². The summed E-state index contributed by atoms with van der Waals surface area (Å²) in [6.45, 7) is 4.72. The third-order valence-electron chi connectivity index (χ3n) is 2.49. The van der Waals surface area contributed by atoms with E-state index in [1.54, 1.807) is 11.8 Å². The Hall–Kier alpha value is -1.00. The fourth-order valence-corrected chi connectivity index (χ4v) is 2.42. The molecule has 1 aromatic carbocycles. The highest BCUT2D eigenvalue weighted by atomic mass is 32.2. The van der Waals surface area contributed by atoms with Gasteiger partial charge in [-0.25, -0.2) is 0 Å². The van der Waals surface area contributed by atoms with E-state index >= 15 is 0 Å². The SMILES string of the molecule is CC(N)CCC(=O)NCC(C)Sc1ccccc1. The highest BCUT2D eigenvalue weighted by Crippen LogP contribution is 2.21. The lowest BCUT2D eigenvalue weighted by atomic mass is 10.2. The van der Waals surface area contributed by atoms with Gasteiger partial charge in [0, 0.05) is 29.2 Å². The molecule has 0 aromatic heterocycles. The molecule has 4 heteroatoms. The van der Waals surface area contributed by atoms with E-state index in [1.807, 2.05) is 25.1 Å². The van der Waals surface area contributed by atoms with Crippen molar-refractivity contribution in [1.29, 1.82) is 0 Å². The monoisotopic (exact) mass is 266 g/mol. The van der Waals surface area contributed by atoms with Gasteiger partial charge in [-0.2, -0.15) is 0 Å². The molecule has 0 aliphatic carbocycles. The minimum absolute atomic E-state index is 0.0897. The summed E-state index contributed by atoms with van der Waals surface area (Å²) in [5.74, 6) is 0.0906. The third kappa shape index (κ3) is 6.67. The van der Waals surface area contributed by atoms with E-state index in [-0.39, 0.29) is 11.9 Å². The highest BCUT2D eigenvalue weighted by Gasteiger charge is 2.07. The summed E-state index contributed by atoms with van der Waals surface area (Å²) in [5, 5.41) is 3.31. The summed E-state index contributed by atoms with van der Waals surface area (Å²) in [6, 6.07) is 10.3. The van der Waals surface area contributed by atoms with E-state index in [9.17, 15) is 4.79 Å². The van der Waals surface area contributed by atoms with Crippen LogP contribution in [0.25, 0.3) is 0 Å². The Balaban J connectivity index is 2.21. The predicted molar refractivity (Wildman–Crippen MR) is 77.7 cm³/mol. The molecule has 0 bridgehead atoms. The van der Waals surface area contributed by atoms with E-state index in [2.05, 4.69) is 24.4 Å². The first-order valence-electron chi connectivity index (χ1n) is 6.32. The molecule has 0 saturated carbocycles. The lowest BCUT2D eigenvalue weighted by molar-refractivity contribution is -0.121. The van der Waals surface area contributed by atoms with Crippen LogP contribution in [0, 0.1) is 0 Å². The molecule has 0 heterocycles. The second kappa shape index (κ2) is 8.16. The van der Waals surface area contributed by atoms with Crippen LogP contribution in [0.15, 0.2) is 35.2 Å². The molecule has 2 unspecified atom stereocenters. The molecule has 0 radical (unpaired) electrons. The fourth-order valence-electron chi connectivity index (χ4n) is 1.48. The van der Waals surface area contributed by atoms with E-state index in [0.717, 1.165) is 6.42 Å². The Labute approximate surface area is 114 Å². The maximum atomic E-state index is 11.5. The lowest BCUT2D eigenvalue weighted by Gasteiger charge is -2.12. The minimum Gasteiger partial charge on any atom is -0.355 e. The molecule has 3 nitrogen and oxygen atoms in total. The Morgan fingerprint density at radius 3 is 2.61 bits per heavy atom. The van der Waals surface area contributed by atoms with Crippen LogP contribution in [-0.4, -0.2) is 23.7 Å². The van der Waals surface area contributed by atoms with Gasteiger partial charge in [-0.15, -0.1) is 11.8 Å².